The van der Waals surface area contributed by atoms with Crippen molar-refractivity contribution in [3.05, 3.63) is 29.1 Å². The SMILES string of the molecule is CC(=O)N1c2ccc(-c3csc(N=C(N)N)n3)cc2C[C@H]1C. The molecule has 1 aliphatic heterocycles. The molecule has 22 heavy (non-hydrogen) atoms. The normalized spacial score (nSPS) is 16.5. The van der Waals surface area contributed by atoms with Crippen LogP contribution in [0.4, 0.5) is 10.8 Å². The second-order valence-electron chi connectivity index (χ2n) is 5.34. The lowest BCUT2D eigenvalue weighted by molar-refractivity contribution is -0.116. The van der Waals surface area contributed by atoms with Crippen molar-refractivity contribution < 1.29 is 4.79 Å². The molecule has 3 rings (SSSR count). The number of thiazole rings is 1. The third-order valence-corrected chi connectivity index (χ3v) is 4.38. The second kappa shape index (κ2) is 5.42. The van der Waals surface area contributed by atoms with Gasteiger partial charge in [-0.25, -0.2) is 4.98 Å². The van der Waals surface area contributed by atoms with Crippen molar-refractivity contribution in [1.82, 2.24) is 4.98 Å². The molecule has 114 valence electrons. The van der Waals surface area contributed by atoms with Crippen LogP contribution in [0, 0.1) is 0 Å². The largest absolute Gasteiger partial charge is 0.370 e. The molecule has 1 aliphatic rings. The first-order valence-corrected chi connectivity index (χ1v) is 7.82. The van der Waals surface area contributed by atoms with Gasteiger partial charge in [0.15, 0.2) is 5.96 Å². The monoisotopic (exact) mass is 315 g/mol. The molecule has 2 aromatic rings. The fraction of sp³-hybridized carbons (Fsp3) is 0.267. The Morgan fingerprint density at radius 1 is 1.45 bits per heavy atom. The molecule has 0 radical (unpaired) electrons. The number of rotatable bonds is 2. The van der Waals surface area contributed by atoms with Crippen molar-refractivity contribution in [2.45, 2.75) is 26.3 Å². The van der Waals surface area contributed by atoms with E-state index in [0.29, 0.717) is 5.13 Å². The number of guanidine groups is 1. The molecule has 2 heterocycles. The molecule has 0 spiro atoms. The number of hydrogen-bond acceptors (Lipinski definition) is 4. The number of fused-ring (bicyclic) bond motifs is 1. The molecule has 0 bridgehead atoms. The summed E-state index contributed by atoms with van der Waals surface area (Å²) in [6.07, 6.45) is 0.855. The van der Waals surface area contributed by atoms with Crippen molar-refractivity contribution in [3.8, 4) is 11.3 Å². The molecule has 0 aliphatic carbocycles. The predicted molar refractivity (Wildman–Crippen MR) is 89.3 cm³/mol. The van der Waals surface area contributed by atoms with Gasteiger partial charge >= 0.3 is 0 Å². The average Bonchev–Trinajstić information content (AvgIpc) is 3.00. The minimum Gasteiger partial charge on any atom is -0.370 e. The standard InChI is InChI=1S/C15H17N5OS/c1-8-5-11-6-10(3-4-13(11)20(8)9(2)21)12-7-22-15(18-12)19-14(16)17/h3-4,6-8H,5H2,1-2H3,(H4,16,17,18,19)/t8-/m1/s1. The van der Waals surface area contributed by atoms with Gasteiger partial charge in [0, 0.05) is 29.6 Å². The van der Waals surface area contributed by atoms with Gasteiger partial charge in [0.2, 0.25) is 11.0 Å². The fourth-order valence-electron chi connectivity index (χ4n) is 2.83. The first kappa shape index (κ1) is 14.5. The summed E-state index contributed by atoms with van der Waals surface area (Å²) in [6, 6.07) is 6.23. The fourth-order valence-corrected chi connectivity index (χ4v) is 3.54. The van der Waals surface area contributed by atoms with E-state index in [1.807, 2.05) is 22.4 Å². The van der Waals surface area contributed by atoms with Crippen LogP contribution in [0.1, 0.15) is 19.4 Å². The van der Waals surface area contributed by atoms with E-state index in [4.69, 9.17) is 11.5 Å². The predicted octanol–water partition coefficient (Wildman–Crippen LogP) is 2.01. The van der Waals surface area contributed by atoms with Gasteiger partial charge in [0.25, 0.3) is 0 Å². The van der Waals surface area contributed by atoms with Crippen molar-refractivity contribution in [2.24, 2.45) is 16.5 Å². The van der Waals surface area contributed by atoms with E-state index in [1.165, 1.54) is 11.3 Å². The highest BCUT2D eigenvalue weighted by atomic mass is 32.1. The number of carbonyl (C=O) groups is 1. The Morgan fingerprint density at radius 3 is 2.91 bits per heavy atom. The highest BCUT2D eigenvalue weighted by molar-refractivity contribution is 7.13. The summed E-state index contributed by atoms with van der Waals surface area (Å²) in [6.45, 7) is 3.65. The third-order valence-electron chi connectivity index (χ3n) is 3.65. The number of amides is 1. The van der Waals surface area contributed by atoms with Crippen LogP contribution < -0.4 is 16.4 Å². The van der Waals surface area contributed by atoms with Crippen LogP contribution in [0.5, 0.6) is 0 Å². The molecule has 4 N–H and O–H groups in total. The van der Waals surface area contributed by atoms with E-state index < -0.39 is 0 Å². The van der Waals surface area contributed by atoms with Crippen molar-refractivity contribution in [2.75, 3.05) is 4.90 Å². The number of hydrogen-bond donors (Lipinski definition) is 2. The Morgan fingerprint density at radius 2 is 2.23 bits per heavy atom. The number of carbonyl (C=O) groups excluding carboxylic acids is 1. The minimum absolute atomic E-state index is 0.000720. The molecular weight excluding hydrogens is 298 g/mol. The van der Waals surface area contributed by atoms with Gasteiger partial charge in [0.05, 0.1) is 5.69 Å². The summed E-state index contributed by atoms with van der Waals surface area (Å²) in [5.74, 6) is 0.0727. The average molecular weight is 315 g/mol. The smallest absolute Gasteiger partial charge is 0.224 e. The van der Waals surface area contributed by atoms with Crippen LogP contribution in [-0.2, 0) is 11.2 Å². The number of aliphatic imine (C=N–C) groups is 1. The lowest BCUT2D eigenvalue weighted by atomic mass is 10.1. The molecule has 0 fully saturated rings. The zero-order valence-corrected chi connectivity index (χ0v) is 13.2. The summed E-state index contributed by atoms with van der Waals surface area (Å²) in [5.41, 5.74) is 14.7. The van der Waals surface area contributed by atoms with E-state index in [0.717, 1.165) is 28.9 Å². The summed E-state index contributed by atoms with van der Waals surface area (Å²) in [5, 5.41) is 2.46. The van der Waals surface area contributed by atoms with Gasteiger partial charge in [-0.2, -0.15) is 4.99 Å². The van der Waals surface area contributed by atoms with Gasteiger partial charge in [-0.3, -0.25) is 4.79 Å². The minimum atomic E-state index is 0.000720. The number of benzene rings is 1. The Bertz CT molecular complexity index is 763. The van der Waals surface area contributed by atoms with Gasteiger partial charge < -0.3 is 16.4 Å². The van der Waals surface area contributed by atoms with Crippen LogP contribution >= 0.6 is 11.3 Å². The van der Waals surface area contributed by atoms with Crippen LogP contribution in [0.2, 0.25) is 0 Å². The van der Waals surface area contributed by atoms with Crippen molar-refractivity contribution >= 4 is 34.0 Å². The van der Waals surface area contributed by atoms with Crippen molar-refractivity contribution in [1.29, 1.82) is 0 Å². The first-order chi connectivity index (χ1) is 10.5. The van der Waals surface area contributed by atoms with E-state index in [9.17, 15) is 4.79 Å². The second-order valence-corrected chi connectivity index (χ2v) is 6.17. The zero-order valence-electron chi connectivity index (χ0n) is 12.4. The van der Waals surface area contributed by atoms with Gasteiger partial charge in [0.1, 0.15) is 0 Å². The number of nitrogens with zero attached hydrogens (tertiary/aromatic N) is 3. The van der Waals surface area contributed by atoms with Gasteiger partial charge in [-0.15, -0.1) is 11.3 Å². The molecule has 0 saturated carbocycles. The lowest BCUT2D eigenvalue weighted by Crippen LogP contribution is -2.33. The van der Waals surface area contributed by atoms with Gasteiger partial charge in [-0.05, 0) is 31.0 Å². The highest BCUT2D eigenvalue weighted by Crippen LogP contribution is 2.36. The maximum atomic E-state index is 11.8. The summed E-state index contributed by atoms with van der Waals surface area (Å²) in [7, 11) is 0. The van der Waals surface area contributed by atoms with Crippen LogP contribution in [0.25, 0.3) is 11.3 Å². The maximum absolute atomic E-state index is 11.8. The van der Waals surface area contributed by atoms with E-state index in [1.54, 1.807) is 6.92 Å². The summed E-state index contributed by atoms with van der Waals surface area (Å²) in [4.78, 5) is 22.0. The Balaban J connectivity index is 1.95. The topological polar surface area (TPSA) is 97.6 Å². The van der Waals surface area contributed by atoms with Crippen LogP contribution in [-0.4, -0.2) is 22.9 Å². The molecule has 0 saturated heterocycles. The lowest BCUT2D eigenvalue weighted by Gasteiger charge is -2.20. The molecule has 1 amide bonds. The third kappa shape index (κ3) is 2.55. The summed E-state index contributed by atoms with van der Waals surface area (Å²) >= 11 is 1.39. The molecular formula is C15H17N5OS. The Hall–Kier alpha value is -2.41. The highest BCUT2D eigenvalue weighted by Gasteiger charge is 2.29. The first-order valence-electron chi connectivity index (χ1n) is 6.94. The van der Waals surface area contributed by atoms with Crippen LogP contribution in [0.3, 0.4) is 0 Å². The number of nitrogens with two attached hydrogens (primary N) is 2. The molecule has 1 aromatic heterocycles. The summed E-state index contributed by atoms with van der Waals surface area (Å²) < 4.78 is 0. The quantitative estimate of drug-likeness (QED) is 0.654. The Labute approximate surface area is 132 Å². The van der Waals surface area contributed by atoms with Crippen molar-refractivity contribution in [3.63, 3.8) is 0 Å². The van der Waals surface area contributed by atoms with Gasteiger partial charge in [-0.1, -0.05) is 6.07 Å². The Kier molecular flexibility index (Phi) is 3.58. The molecule has 6 nitrogen and oxygen atoms in total. The number of aromatic nitrogens is 1. The number of anilines is 1. The van der Waals surface area contributed by atoms with E-state index in [2.05, 4.69) is 23.0 Å². The van der Waals surface area contributed by atoms with Crippen LogP contribution in [0.15, 0.2) is 28.6 Å². The maximum Gasteiger partial charge on any atom is 0.224 e. The van der Waals surface area contributed by atoms with E-state index >= 15 is 0 Å². The molecule has 0 unspecified atom stereocenters. The molecule has 1 atom stereocenters. The van der Waals surface area contributed by atoms with E-state index in [-0.39, 0.29) is 17.9 Å². The molecule has 7 heteroatoms. The zero-order chi connectivity index (χ0) is 15.9. The molecule has 1 aromatic carbocycles.